The van der Waals surface area contributed by atoms with Gasteiger partial charge in [0.1, 0.15) is 11.5 Å². The van der Waals surface area contributed by atoms with Gasteiger partial charge >= 0.3 is 0 Å². The van der Waals surface area contributed by atoms with E-state index >= 15 is 0 Å². The van der Waals surface area contributed by atoms with E-state index in [1.54, 1.807) is 6.07 Å². The van der Waals surface area contributed by atoms with Gasteiger partial charge in [-0.1, -0.05) is 39.0 Å². The maximum Gasteiger partial charge on any atom is 0.157 e. The third-order valence-corrected chi connectivity index (χ3v) is 4.82. The molecule has 138 valence electrons. The first-order chi connectivity index (χ1) is 12.3. The second kappa shape index (κ2) is 8.17. The first-order valence-electron chi connectivity index (χ1n) is 8.77. The largest absolute Gasteiger partial charge is 0.507 e. The lowest BCUT2D eigenvalue weighted by atomic mass is 9.87. The highest BCUT2D eigenvalue weighted by atomic mass is 16.5. The average Bonchev–Trinajstić information content (AvgIpc) is 2.60. The fraction of sp³-hybridized carbons (Fsp3) is 0.364. The number of ether oxygens (including phenoxy) is 1. The zero-order valence-electron chi connectivity index (χ0n) is 16.0. The van der Waals surface area contributed by atoms with Gasteiger partial charge in [0.15, 0.2) is 12.6 Å². The highest BCUT2D eigenvalue weighted by Gasteiger charge is 2.19. The van der Waals surface area contributed by atoms with Crippen LogP contribution < -0.4 is 4.74 Å². The molecular weight excluding hydrogens is 328 g/mol. The first-order valence-corrected chi connectivity index (χ1v) is 8.77. The molecule has 2 aromatic rings. The molecule has 2 rings (SSSR count). The number of benzene rings is 2. The molecule has 0 amide bonds. The van der Waals surface area contributed by atoms with Crippen LogP contribution in [0.25, 0.3) is 0 Å². The maximum atomic E-state index is 11.4. The Morgan fingerprint density at radius 2 is 1.69 bits per heavy atom. The number of rotatable bonds is 7. The molecule has 0 aliphatic rings. The van der Waals surface area contributed by atoms with E-state index in [9.17, 15) is 14.7 Å². The number of hydrogen-bond acceptors (Lipinski definition) is 4. The van der Waals surface area contributed by atoms with Crippen molar-refractivity contribution in [1.29, 1.82) is 0 Å². The van der Waals surface area contributed by atoms with Crippen LogP contribution in [0.5, 0.6) is 11.5 Å². The molecule has 0 saturated heterocycles. The molecule has 0 saturated carbocycles. The number of aryl methyl sites for hydroxylation is 1. The first kappa shape index (κ1) is 19.7. The Hall–Kier alpha value is -2.62. The van der Waals surface area contributed by atoms with Crippen molar-refractivity contribution in [2.45, 2.75) is 46.0 Å². The third kappa shape index (κ3) is 3.79. The zero-order valence-corrected chi connectivity index (χ0v) is 16.0. The predicted molar refractivity (Wildman–Crippen MR) is 103 cm³/mol. The summed E-state index contributed by atoms with van der Waals surface area (Å²) < 4.78 is 5.39. The Bertz CT molecular complexity index is 821. The van der Waals surface area contributed by atoms with Gasteiger partial charge in [-0.25, -0.2) is 0 Å². The second-order valence-electron chi connectivity index (χ2n) is 7.03. The van der Waals surface area contributed by atoms with Crippen LogP contribution in [0.2, 0.25) is 0 Å². The summed E-state index contributed by atoms with van der Waals surface area (Å²) in [6.07, 6.45) is 2.28. The van der Waals surface area contributed by atoms with Gasteiger partial charge in [-0.2, -0.15) is 0 Å². The van der Waals surface area contributed by atoms with Crippen LogP contribution in [0.1, 0.15) is 75.6 Å². The summed E-state index contributed by atoms with van der Waals surface area (Å²) in [5.74, 6) is 0.665. The summed E-state index contributed by atoms with van der Waals surface area (Å²) in [5, 5.41) is 9.87. The number of aromatic hydroxyl groups is 1. The van der Waals surface area contributed by atoms with Crippen molar-refractivity contribution < 1.29 is 19.4 Å². The topological polar surface area (TPSA) is 63.6 Å². The molecule has 4 heteroatoms. The molecule has 0 aliphatic heterocycles. The minimum absolute atomic E-state index is 0.0748. The van der Waals surface area contributed by atoms with Crippen LogP contribution in [-0.2, 0) is 6.42 Å². The summed E-state index contributed by atoms with van der Waals surface area (Å²) in [4.78, 5) is 22.7. The van der Waals surface area contributed by atoms with E-state index in [1.807, 2.05) is 13.0 Å². The molecule has 0 bridgehead atoms. The zero-order chi connectivity index (χ0) is 19.4. The fourth-order valence-corrected chi connectivity index (χ4v) is 3.46. The number of phenolic OH excluding ortho intramolecular Hbond substituents is 1. The molecule has 0 aliphatic carbocycles. The van der Waals surface area contributed by atoms with Gasteiger partial charge in [-0.3, -0.25) is 9.59 Å². The number of carbonyl (C=O) groups excluding carboxylic acids is 2. The van der Waals surface area contributed by atoms with E-state index in [-0.39, 0.29) is 23.1 Å². The molecule has 0 aromatic heterocycles. The van der Waals surface area contributed by atoms with Crippen molar-refractivity contribution in [2.24, 2.45) is 0 Å². The van der Waals surface area contributed by atoms with Gasteiger partial charge in [0.05, 0.1) is 12.7 Å². The normalized spacial score (nSPS) is 12.1. The predicted octanol–water partition coefficient (Wildman–Crippen LogP) is 4.80. The van der Waals surface area contributed by atoms with Crippen molar-refractivity contribution in [3.05, 3.63) is 57.6 Å². The Morgan fingerprint density at radius 3 is 2.23 bits per heavy atom. The maximum absolute atomic E-state index is 11.4. The number of hydrogen-bond donors (Lipinski definition) is 1. The molecule has 0 fully saturated rings. The van der Waals surface area contributed by atoms with Crippen LogP contribution in [-0.4, -0.2) is 24.8 Å². The van der Waals surface area contributed by atoms with Gasteiger partial charge in [0.2, 0.25) is 0 Å². The lowest BCUT2D eigenvalue weighted by Gasteiger charge is -2.20. The molecule has 0 radical (unpaired) electrons. The van der Waals surface area contributed by atoms with Gasteiger partial charge in [-0.15, -0.1) is 0 Å². The molecule has 4 nitrogen and oxygen atoms in total. The van der Waals surface area contributed by atoms with Gasteiger partial charge in [0, 0.05) is 5.56 Å². The Balaban J connectivity index is 2.44. The number of aldehydes is 2. The Kier molecular flexibility index (Phi) is 6.19. The lowest BCUT2D eigenvalue weighted by Crippen LogP contribution is -2.06. The van der Waals surface area contributed by atoms with E-state index in [0.717, 1.165) is 40.5 Å². The highest BCUT2D eigenvalue weighted by Crippen LogP contribution is 2.36. The summed E-state index contributed by atoms with van der Waals surface area (Å²) in [6, 6.07) is 7.45. The standard InChI is InChI=1S/C22H26O4/c1-13(2)18-10-16(9-15(4)19(18)11-23)8-14(3)17-6-7-21(25)20(12-24)22(17)26-5/h6-7,9-14,25H,8H2,1-5H3. The van der Waals surface area contributed by atoms with E-state index in [2.05, 4.69) is 26.8 Å². The van der Waals surface area contributed by atoms with Crippen LogP contribution in [0, 0.1) is 6.92 Å². The van der Waals surface area contributed by atoms with Crippen molar-refractivity contribution in [3.63, 3.8) is 0 Å². The molecule has 2 aromatic carbocycles. The van der Waals surface area contributed by atoms with Crippen LogP contribution in [0.4, 0.5) is 0 Å². The van der Waals surface area contributed by atoms with Crippen molar-refractivity contribution in [3.8, 4) is 11.5 Å². The summed E-state index contributed by atoms with van der Waals surface area (Å²) in [6.45, 7) is 8.17. The molecule has 0 spiro atoms. The second-order valence-corrected chi connectivity index (χ2v) is 7.03. The van der Waals surface area contributed by atoms with E-state index < -0.39 is 0 Å². The van der Waals surface area contributed by atoms with Gasteiger partial charge in [-0.05, 0) is 53.5 Å². The van der Waals surface area contributed by atoms with Crippen molar-refractivity contribution >= 4 is 12.6 Å². The lowest BCUT2D eigenvalue weighted by molar-refractivity contribution is 0.111. The molecule has 26 heavy (non-hydrogen) atoms. The van der Waals surface area contributed by atoms with Crippen LogP contribution in [0.15, 0.2) is 24.3 Å². The summed E-state index contributed by atoms with van der Waals surface area (Å²) >= 11 is 0. The minimum atomic E-state index is -0.0823. The van der Waals surface area contributed by atoms with Crippen LogP contribution >= 0.6 is 0 Å². The Labute approximate surface area is 154 Å². The quantitative estimate of drug-likeness (QED) is 0.725. The van der Waals surface area contributed by atoms with Crippen LogP contribution in [0.3, 0.4) is 0 Å². The molecular formula is C22H26O4. The minimum Gasteiger partial charge on any atom is -0.507 e. The summed E-state index contributed by atoms with van der Waals surface area (Å²) in [5.41, 5.74) is 4.96. The van der Waals surface area contributed by atoms with E-state index in [0.29, 0.717) is 12.0 Å². The van der Waals surface area contributed by atoms with E-state index in [1.165, 1.54) is 13.2 Å². The van der Waals surface area contributed by atoms with Crippen molar-refractivity contribution in [1.82, 2.24) is 0 Å². The van der Waals surface area contributed by atoms with Gasteiger partial charge in [0.25, 0.3) is 0 Å². The molecule has 1 unspecified atom stereocenters. The number of carbonyl (C=O) groups is 2. The highest BCUT2D eigenvalue weighted by molar-refractivity contribution is 5.84. The van der Waals surface area contributed by atoms with Crippen molar-refractivity contribution in [2.75, 3.05) is 7.11 Å². The van der Waals surface area contributed by atoms with Gasteiger partial charge < -0.3 is 9.84 Å². The van der Waals surface area contributed by atoms with E-state index in [4.69, 9.17) is 4.74 Å². The summed E-state index contributed by atoms with van der Waals surface area (Å²) in [7, 11) is 1.50. The number of phenols is 1. The monoisotopic (exact) mass is 354 g/mol. The number of methoxy groups -OCH3 is 1. The fourth-order valence-electron chi connectivity index (χ4n) is 3.46. The smallest absolute Gasteiger partial charge is 0.157 e. The molecule has 1 N–H and O–H groups in total. The Morgan fingerprint density at radius 1 is 1.04 bits per heavy atom. The SMILES string of the molecule is COc1c(C(C)Cc2cc(C)c(C=O)c(C(C)C)c2)ccc(O)c1C=O. The molecule has 0 heterocycles. The third-order valence-electron chi connectivity index (χ3n) is 4.82. The molecule has 1 atom stereocenters. The average molecular weight is 354 g/mol.